The predicted octanol–water partition coefficient (Wildman–Crippen LogP) is 3.97. The van der Waals surface area contributed by atoms with Gasteiger partial charge in [0.25, 0.3) is 0 Å². The van der Waals surface area contributed by atoms with E-state index in [0.29, 0.717) is 0 Å². The minimum atomic E-state index is -0.0195. The van der Waals surface area contributed by atoms with Crippen molar-refractivity contribution in [2.45, 2.75) is 19.4 Å². The molecule has 2 aromatic carbocycles. The fourth-order valence-corrected chi connectivity index (χ4v) is 2.48. The fourth-order valence-electron chi connectivity index (χ4n) is 2.48. The van der Waals surface area contributed by atoms with Crippen molar-refractivity contribution < 1.29 is 4.79 Å². The Morgan fingerprint density at radius 2 is 1.80 bits per heavy atom. The lowest BCUT2D eigenvalue weighted by atomic mass is 9.95. The third-order valence-corrected chi connectivity index (χ3v) is 3.77. The summed E-state index contributed by atoms with van der Waals surface area (Å²) in [4.78, 5) is 14.2. The highest BCUT2D eigenvalue weighted by Gasteiger charge is 2.33. The maximum absolute atomic E-state index is 12.3. The van der Waals surface area contributed by atoms with E-state index in [1.54, 1.807) is 0 Å². The van der Waals surface area contributed by atoms with E-state index in [2.05, 4.69) is 17.4 Å². The van der Waals surface area contributed by atoms with Gasteiger partial charge in [-0.05, 0) is 31.0 Å². The molecular formula is C17H18N2O. The number of aryl methyl sites for hydroxylation is 1. The molecule has 3 nitrogen and oxygen atoms in total. The van der Waals surface area contributed by atoms with E-state index in [1.807, 2.05) is 54.3 Å². The highest BCUT2D eigenvalue weighted by Crippen LogP contribution is 2.33. The summed E-state index contributed by atoms with van der Waals surface area (Å²) in [5, 5.41) is 2.96. The van der Waals surface area contributed by atoms with Crippen LogP contribution in [0.2, 0.25) is 0 Å². The molecule has 2 aromatic rings. The zero-order valence-electron chi connectivity index (χ0n) is 11.5. The predicted molar refractivity (Wildman–Crippen MR) is 80.7 cm³/mol. The number of carbonyl (C=O) groups is 1. The molecule has 1 unspecified atom stereocenters. The van der Waals surface area contributed by atoms with Gasteiger partial charge in [-0.15, -0.1) is 0 Å². The first kappa shape index (κ1) is 12.7. The van der Waals surface area contributed by atoms with E-state index in [9.17, 15) is 4.79 Å². The lowest BCUT2D eigenvalue weighted by Crippen LogP contribution is -2.47. The van der Waals surface area contributed by atoms with Crippen molar-refractivity contribution in [1.29, 1.82) is 0 Å². The number of benzene rings is 2. The van der Waals surface area contributed by atoms with Gasteiger partial charge in [-0.3, -0.25) is 0 Å². The molecule has 1 N–H and O–H groups in total. The zero-order valence-corrected chi connectivity index (χ0v) is 11.5. The number of amides is 2. The lowest BCUT2D eigenvalue weighted by molar-refractivity contribution is 0.126. The molecule has 1 fully saturated rings. The number of nitrogens with zero attached hydrogens (tertiary/aromatic N) is 1. The van der Waals surface area contributed by atoms with Crippen LogP contribution in [-0.4, -0.2) is 17.5 Å². The fraction of sp³-hybridized carbons (Fsp3) is 0.235. The van der Waals surface area contributed by atoms with E-state index < -0.39 is 0 Å². The Morgan fingerprint density at radius 3 is 2.40 bits per heavy atom. The van der Waals surface area contributed by atoms with Crippen LogP contribution < -0.4 is 5.32 Å². The van der Waals surface area contributed by atoms with E-state index >= 15 is 0 Å². The van der Waals surface area contributed by atoms with Gasteiger partial charge >= 0.3 is 6.03 Å². The summed E-state index contributed by atoms with van der Waals surface area (Å²) >= 11 is 0. The minimum Gasteiger partial charge on any atom is -0.317 e. The van der Waals surface area contributed by atoms with Crippen LogP contribution >= 0.6 is 0 Å². The molecule has 1 saturated heterocycles. The number of hydrogen-bond donors (Lipinski definition) is 1. The average molecular weight is 266 g/mol. The molecule has 0 spiro atoms. The van der Waals surface area contributed by atoms with Gasteiger partial charge < -0.3 is 10.2 Å². The molecule has 20 heavy (non-hydrogen) atoms. The van der Waals surface area contributed by atoms with Gasteiger partial charge in [-0.25, -0.2) is 4.79 Å². The van der Waals surface area contributed by atoms with Gasteiger partial charge in [0.15, 0.2) is 0 Å². The number of anilines is 1. The molecule has 102 valence electrons. The summed E-state index contributed by atoms with van der Waals surface area (Å²) in [6.45, 7) is 2.85. The van der Waals surface area contributed by atoms with Crippen LogP contribution in [0.1, 0.15) is 23.6 Å². The average Bonchev–Trinajstić information content (AvgIpc) is 2.41. The van der Waals surface area contributed by atoms with Gasteiger partial charge in [0, 0.05) is 12.2 Å². The van der Waals surface area contributed by atoms with Crippen molar-refractivity contribution in [3.8, 4) is 0 Å². The highest BCUT2D eigenvalue weighted by molar-refractivity contribution is 5.90. The third kappa shape index (κ3) is 2.52. The largest absolute Gasteiger partial charge is 0.322 e. The van der Waals surface area contributed by atoms with Crippen molar-refractivity contribution in [3.63, 3.8) is 0 Å². The number of nitrogens with one attached hydrogen (secondary N) is 1. The molecule has 0 aromatic heterocycles. The molecule has 1 heterocycles. The summed E-state index contributed by atoms with van der Waals surface area (Å²) in [7, 11) is 0. The van der Waals surface area contributed by atoms with Crippen LogP contribution in [0, 0.1) is 6.92 Å². The van der Waals surface area contributed by atoms with Gasteiger partial charge in [0.1, 0.15) is 0 Å². The van der Waals surface area contributed by atoms with E-state index in [-0.39, 0.29) is 12.1 Å². The Kier molecular flexibility index (Phi) is 3.42. The van der Waals surface area contributed by atoms with Gasteiger partial charge in [0.2, 0.25) is 0 Å². The number of rotatable bonds is 2. The standard InChI is InChI=1S/C17H18N2O/c1-13-7-9-15(10-8-13)18-17(20)19-12-11-16(19)14-5-3-2-4-6-14/h2-10,16H,11-12H2,1H3,(H,18,20). The molecule has 2 amide bonds. The minimum absolute atomic E-state index is 0.0195. The summed E-state index contributed by atoms with van der Waals surface area (Å²) in [5.74, 6) is 0. The van der Waals surface area contributed by atoms with E-state index in [1.165, 1.54) is 11.1 Å². The first-order valence-electron chi connectivity index (χ1n) is 6.93. The summed E-state index contributed by atoms with van der Waals surface area (Å²) < 4.78 is 0. The summed E-state index contributed by atoms with van der Waals surface area (Å²) in [5.41, 5.74) is 3.24. The molecule has 0 aliphatic carbocycles. The first-order valence-corrected chi connectivity index (χ1v) is 6.93. The van der Waals surface area contributed by atoms with Gasteiger partial charge in [-0.1, -0.05) is 48.0 Å². The SMILES string of the molecule is Cc1ccc(NC(=O)N2CCC2c2ccccc2)cc1. The molecule has 0 bridgehead atoms. The Bertz CT molecular complexity index is 592. The van der Waals surface area contributed by atoms with Crippen molar-refractivity contribution >= 4 is 11.7 Å². The Hall–Kier alpha value is -2.29. The van der Waals surface area contributed by atoms with Crippen molar-refractivity contribution in [1.82, 2.24) is 4.90 Å². The molecule has 3 rings (SSSR count). The van der Waals surface area contributed by atoms with Crippen LogP contribution in [0.3, 0.4) is 0 Å². The Labute approximate surface area is 119 Å². The normalized spacial score (nSPS) is 17.4. The maximum atomic E-state index is 12.3. The van der Waals surface area contributed by atoms with Gasteiger partial charge in [-0.2, -0.15) is 0 Å². The topological polar surface area (TPSA) is 32.3 Å². The molecule has 1 atom stereocenters. The van der Waals surface area contributed by atoms with Crippen LogP contribution in [0.5, 0.6) is 0 Å². The maximum Gasteiger partial charge on any atom is 0.322 e. The molecule has 1 aliphatic rings. The van der Waals surface area contributed by atoms with Crippen molar-refractivity contribution in [2.75, 3.05) is 11.9 Å². The molecular weight excluding hydrogens is 248 g/mol. The second-order valence-electron chi connectivity index (χ2n) is 5.20. The van der Waals surface area contributed by atoms with Crippen LogP contribution in [-0.2, 0) is 0 Å². The number of hydrogen-bond acceptors (Lipinski definition) is 1. The lowest BCUT2D eigenvalue weighted by Gasteiger charge is -2.41. The van der Waals surface area contributed by atoms with Crippen molar-refractivity contribution in [3.05, 3.63) is 65.7 Å². The summed E-state index contributed by atoms with van der Waals surface area (Å²) in [6, 6.07) is 18.3. The molecule has 0 radical (unpaired) electrons. The Morgan fingerprint density at radius 1 is 1.10 bits per heavy atom. The highest BCUT2D eigenvalue weighted by atomic mass is 16.2. The zero-order chi connectivity index (χ0) is 13.9. The molecule has 1 aliphatic heterocycles. The number of likely N-dealkylation sites (tertiary alicyclic amines) is 1. The number of carbonyl (C=O) groups excluding carboxylic acids is 1. The van der Waals surface area contributed by atoms with Crippen LogP contribution in [0.15, 0.2) is 54.6 Å². The smallest absolute Gasteiger partial charge is 0.317 e. The summed E-state index contributed by atoms with van der Waals surface area (Å²) in [6.07, 6.45) is 1.03. The second kappa shape index (κ2) is 5.37. The van der Waals surface area contributed by atoms with Crippen LogP contribution in [0.4, 0.5) is 10.5 Å². The van der Waals surface area contributed by atoms with Gasteiger partial charge in [0.05, 0.1) is 6.04 Å². The van der Waals surface area contributed by atoms with E-state index in [4.69, 9.17) is 0 Å². The molecule has 0 saturated carbocycles. The Balaban J connectivity index is 1.67. The molecule has 3 heteroatoms. The first-order chi connectivity index (χ1) is 9.74. The second-order valence-corrected chi connectivity index (χ2v) is 5.20. The quantitative estimate of drug-likeness (QED) is 0.876. The van der Waals surface area contributed by atoms with Crippen molar-refractivity contribution in [2.24, 2.45) is 0 Å². The monoisotopic (exact) mass is 266 g/mol. The van der Waals surface area contributed by atoms with E-state index in [0.717, 1.165) is 18.7 Å². The third-order valence-electron chi connectivity index (χ3n) is 3.77. The van der Waals surface area contributed by atoms with Crippen LogP contribution in [0.25, 0.3) is 0 Å². The number of urea groups is 1.